The van der Waals surface area contributed by atoms with Gasteiger partial charge >= 0.3 is 0 Å². The van der Waals surface area contributed by atoms with Gasteiger partial charge in [-0.1, -0.05) is 23.2 Å². The van der Waals surface area contributed by atoms with Crippen molar-refractivity contribution >= 4 is 45.7 Å². The Bertz CT molecular complexity index is 1250. The first-order valence-electron chi connectivity index (χ1n) is 12.9. The lowest BCUT2D eigenvalue weighted by Crippen LogP contribution is -2.41. The van der Waals surface area contributed by atoms with E-state index < -0.39 is 0 Å². The van der Waals surface area contributed by atoms with Crippen molar-refractivity contribution in [1.29, 1.82) is 0 Å². The van der Waals surface area contributed by atoms with Gasteiger partial charge in [0.1, 0.15) is 0 Å². The minimum Gasteiger partial charge on any atom is -0.376 e. The Labute approximate surface area is 215 Å². The number of benzene rings is 1. The van der Waals surface area contributed by atoms with Crippen molar-refractivity contribution in [2.24, 2.45) is 5.92 Å². The molecule has 9 heteroatoms. The molecule has 2 saturated heterocycles. The molecular weight excluding hydrogens is 483 g/mol. The average molecular weight is 513 g/mol. The van der Waals surface area contributed by atoms with E-state index in [1.807, 2.05) is 16.9 Å². The summed E-state index contributed by atoms with van der Waals surface area (Å²) >= 11 is 13.3. The van der Waals surface area contributed by atoms with Gasteiger partial charge < -0.3 is 10.1 Å². The van der Waals surface area contributed by atoms with E-state index in [0.717, 1.165) is 72.9 Å². The smallest absolute Gasteiger partial charge is 0.227 e. The fourth-order valence-corrected chi connectivity index (χ4v) is 6.44. The fraction of sp³-hybridized carbons (Fsp3) is 0.577. The molecular formula is C26H30Cl2N6O. The number of anilines is 2. The second kappa shape index (κ2) is 8.87. The summed E-state index contributed by atoms with van der Waals surface area (Å²) in [5.74, 6) is 1.80. The quantitative estimate of drug-likeness (QED) is 0.439. The number of nitrogens with zero attached hydrogens (tertiary/aromatic N) is 5. The third kappa shape index (κ3) is 4.41. The molecule has 4 fully saturated rings. The molecule has 3 aromatic rings. The average Bonchev–Trinajstić information content (AvgIpc) is 3.81. The number of aromatic nitrogens is 4. The van der Waals surface area contributed by atoms with Crippen LogP contribution in [0, 0.1) is 5.92 Å². The Hall–Kier alpha value is -1.93. The maximum Gasteiger partial charge on any atom is 0.227 e. The van der Waals surface area contributed by atoms with E-state index in [4.69, 9.17) is 32.9 Å². The summed E-state index contributed by atoms with van der Waals surface area (Å²) in [5.41, 5.74) is 2.83. The first kappa shape index (κ1) is 22.3. The third-order valence-corrected chi connectivity index (χ3v) is 8.92. The van der Waals surface area contributed by atoms with Crippen molar-refractivity contribution in [1.82, 2.24) is 24.6 Å². The summed E-state index contributed by atoms with van der Waals surface area (Å²) in [6, 6.07) is 5.17. The Balaban J connectivity index is 1.06. The van der Waals surface area contributed by atoms with Crippen molar-refractivity contribution in [3.63, 3.8) is 0 Å². The van der Waals surface area contributed by atoms with E-state index in [2.05, 4.69) is 26.4 Å². The Morgan fingerprint density at radius 3 is 2.57 bits per heavy atom. The van der Waals surface area contributed by atoms with E-state index in [9.17, 15) is 0 Å². The molecule has 0 bridgehead atoms. The van der Waals surface area contributed by atoms with E-state index >= 15 is 0 Å². The second-order valence-electron chi connectivity index (χ2n) is 10.7. The van der Waals surface area contributed by atoms with Gasteiger partial charge in [-0.05, 0) is 87.6 Å². The number of hydrogen-bond acceptors (Lipinski definition) is 6. The summed E-state index contributed by atoms with van der Waals surface area (Å²) < 4.78 is 7.98. The van der Waals surface area contributed by atoms with Crippen molar-refractivity contribution in [2.45, 2.75) is 69.1 Å². The topological polar surface area (TPSA) is 68.1 Å². The minimum atomic E-state index is 0.424. The number of nitrogens with one attached hydrogen (secondary N) is 1. The normalized spacial score (nSPS) is 26.0. The van der Waals surface area contributed by atoms with Gasteiger partial charge in [0.05, 0.1) is 36.2 Å². The highest BCUT2D eigenvalue weighted by Crippen LogP contribution is 2.42. The van der Waals surface area contributed by atoms with Gasteiger partial charge in [-0.25, -0.2) is 14.6 Å². The first-order valence-corrected chi connectivity index (χ1v) is 13.7. The SMILES string of the molecule is Clc1cc2cnc(Nc3cnn(C4CC4)c3Cl)nc2cc1C1CCN(C2COC(C3CC3)C2)CC1. The van der Waals surface area contributed by atoms with Crippen LogP contribution in [0.15, 0.2) is 24.5 Å². The van der Waals surface area contributed by atoms with Crippen LogP contribution in [0.4, 0.5) is 11.6 Å². The zero-order chi connectivity index (χ0) is 23.5. The maximum absolute atomic E-state index is 6.76. The summed E-state index contributed by atoms with van der Waals surface area (Å²) in [4.78, 5) is 11.9. The molecule has 35 heavy (non-hydrogen) atoms. The van der Waals surface area contributed by atoms with Gasteiger partial charge in [0.15, 0.2) is 5.15 Å². The highest BCUT2D eigenvalue weighted by molar-refractivity contribution is 6.32. The molecule has 1 N–H and O–H groups in total. The first-order chi connectivity index (χ1) is 17.1. The zero-order valence-electron chi connectivity index (χ0n) is 19.7. The number of piperidine rings is 1. The highest BCUT2D eigenvalue weighted by Gasteiger charge is 2.40. The van der Waals surface area contributed by atoms with E-state index in [0.29, 0.717) is 35.2 Å². The Morgan fingerprint density at radius 2 is 1.80 bits per heavy atom. The molecule has 1 aromatic carbocycles. The molecule has 7 rings (SSSR count). The summed E-state index contributed by atoms with van der Waals surface area (Å²) in [6.45, 7) is 3.11. The van der Waals surface area contributed by atoms with Gasteiger partial charge in [0.2, 0.25) is 5.95 Å². The molecule has 184 valence electrons. The predicted octanol–water partition coefficient (Wildman–Crippen LogP) is 5.96. The number of ether oxygens (including phenoxy) is 1. The highest BCUT2D eigenvalue weighted by atomic mass is 35.5. The van der Waals surface area contributed by atoms with Crippen LogP contribution in [0.2, 0.25) is 10.2 Å². The molecule has 4 heterocycles. The fourth-order valence-electron chi connectivity index (χ4n) is 5.83. The van der Waals surface area contributed by atoms with Gasteiger partial charge in [0, 0.05) is 22.6 Å². The molecule has 0 spiro atoms. The van der Waals surface area contributed by atoms with Crippen LogP contribution in [-0.2, 0) is 4.74 Å². The Kier molecular flexibility index (Phi) is 5.65. The van der Waals surface area contributed by atoms with Crippen LogP contribution in [0.1, 0.15) is 62.5 Å². The van der Waals surface area contributed by atoms with E-state index in [1.54, 1.807) is 6.20 Å². The summed E-state index contributed by atoms with van der Waals surface area (Å²) in [6.07, 6.45) is 12.5. The predicted molar refractivity (Wildman–Crippen MR) is 138 cm³/mol. The summed E-state index contributed by atoms with van der Waals surface area (Å²) in [5, 5.41) is 10.0. The van der Waals surface area contributed by atoms with E-state index in [1.165, 1.54) is 24.8 Å². The molecule has 4 aliphatic rings. The molecule has 7 nitrogen and oxygen atoms in total. The molecule has 2 aromatic heterocycles. The van der Waals surface area contributed by atoms with E-state index in [-0.39, 0.29) is 0 Å². The minimum absolute atomic E-state index is 0.424. The second-order valence-corrected chi connectivity index (χ2v) is 11.5. The molecule has 2 aliphatic carbocycles. The maximum atomic E-state index is 6.76. The number of hydrogen-bond donors (Lipinski definition) is 1. The molecule has 2 saturated carbocycles. The summed E-state index contributed by atoms with van der Waals surface area (Å²) in [7, 11) is 0. The molecule has 2 unspecified atom stereocenters. The van der Waals surface area contributed by atoms with Gasteiger partial charge in [-0.15, -0.1) is 0 Å². The standard InChI is InChI=1S/C26H30Cl2N6O/c27-21-9-17-12-29-26(32-23-13-30-34(25(23)28)18-3-4-18)31-22(17)11-20(21)15-5-7-33(8-6-15)19-10-24(35-14-19)16-1-2-16/h9,11-13,15-16,18-19,24H,1-8,10,14H2,(H,29,31,32). The number of rotatable bonds is 6. The molecule has 2 atom stereocenters. The molecule has 2 aliphatic heterocycles. The molecule has 0 amide bonds. The largest absolute Gasteiger partial charge is 0.376 e. The van der Waals surface area contributed by atoms with Crippen molar-refractivity contribution in [3.8, 4) is 0 Å². The zero-order valence-corrected chi connectivity index (χ0v) is 21.2. The number of halogens is 2. The van der Waals surface area contributed by atoms with Gasteiger partial charge in [0.25, 0.3) is 0 Å². The van der Waals surface area contributed by atoms with Crippen molar-refractivity contribution in [3.05, 3.63) is 40.3 Å². The van der Waals surface area contributed by atoms with Gasteiger partial charge in [-0.3, -0.25) is 4.90 Å². The van der Waals surface area contributed by atoms with Crippen LogP contribution in [0.3, 0.4) is 0 Å². The van der Waals surface area contributed by atoms with Crippen LogP contribution in [0.25, 0.3) is 10.9 Å². The van der Waals surface area contributed by atoms with Crippen molar-refractivity contribution < 1.29 is 4.74 Å². The molecule has 0 radical (unpaired) electrons. The van der Waals surface area contributed by atoms with Crippen LogP contribution in [-0.4, -0.2) is 56.5 Å². The lowest BCUT2D eigenvalue weighted by molar-refractivity contribution is 0.0793. The van der Waals surface area contributed by atoms with Crippen LogP contribution < -0.4 is 5.32 Å². The number of likely N-dealkylation sites (tertiary alicyclic amines) is 1. The Morgan fingerprint density at radius 1 is 0.971 bits per heavy atom. The lowest BCUT2D eigenvalue weighted by atomic mass is 9.88. The van der Waals surface area contributed by atoms with Gasteiger partial charge in [-0.2, -0.15) is 5.10 Å². The third-order valence-electron chi connectivity index (χ3n) is 8.21. The van der Waals surface area contributed by atoms with Crippen molar-refractivity contribution in [2.75, 3.05) is 25.0 Å². The monoisotopic (exact) mass is 512 g/mol. The van der Waals surface area contributed by atoms with Crippen LogP contribution >= 0.6 is 23.2 Å². The van der Waals surface area contributed by atoms with Crippen LogP contribution in [0.5, 0.6) is 0 Å². The lowest BCUT2D eigenvalue weighted by Gasteiger charge is -2.36. The number of fused-ring (bicyclic) bond motifs is 1.